The Morgan fingerprint density at radius 3 is 2.03 bits per heavy atom. The minimum atomic E-state index is -4.02. The Balaban J connectivity index is 1.80. The number of carbonyl (C=O) groups is 1. The maximum Gasteiger partial charge on any atom is 0.262 e. The minimum Gasteiger partial charge on any atom is -0.497 e. The fourth-order valence-corrected chi connectivity index (χ4v) is 6.14. The zero-order valence-electron chi connectivity index (χ0n) is 21.8. The van der Waals surface area contributed by atoms with E-state index >= 15 is 0 Å². The van der Waals surface area contributed by atoms with E-state index in [0.717, 1.165) is 10.6 Å². The second kappa shape index (κ2) is 12.0. The second-order valence-corrected chi connectivity index (χ2v) is 12.2. The average molecular weight is 598 g/mol. The molecule has 3 aromatic rings. The van der Waals surface area contributed by atoms with Gasteiger partial charge in [-0.2, -0.15) is 0 Å². The van der Waals surface area contributed by atoms with Gasteiger partial charge in [-0.05, 0) is 61.5 Å². The summed E-state index contributed by atoms with van der Waals surface area (Å²) in [6.07, 6.45) is 0.971. The molecule has 0 aromatic heterocycles. The van der Waals surface area contributed by atoms with E-state index < -0.39 is 32.0 Å². The SMILES string of the molecule is COc1ccc(OC)c(NS(=O)(=O)c2ccc(NC(=O)[C@H](C)N(c3ccc(OC)c(Cl)c3)S(C)(=O)=O)cc2)c1. The molecule has 0 saturated carbocycles. The number of amides is 1. The van der Waals surface area contributed by atoms with Gasteiger partial charge in [-0.1, -0.05) is 11.6 Å². The van der Waals surface area contributed by atoms with Crippen molar-refractivity contribution in [1.82, 2.24) is 0 Å². The Hall–Kier alpha value is -3.68. The van der Waals surface area contributed by atoms with Gasteiger partial charge < -0.3 is 19.5 Å². The number of carbonyl (C=O) groups excluding carboxylic acids is 1. The van der Waals surface area contributed by atoms with Gasteiger partial charge in [-0.15, -0.1) is 0 Å². The molecule has 1 amide bonds. The Morgan fingerprint density at radius 2 is 1.49 bits per heavy atom. The molecule has 0 spiro atoms. The summed E-state index contributed by atoms with van der Waals surface area (Å²) in [6, 6.07) is 13.2. The largest absolute Gasteiger partial charge is 0.497 e. The van der Waals surface area contributed by atoms with Crippen molar-refractivity contribution < 1.29 is 35.8 Å². The zero-order chi connectivity index (χ0) is 29.0. The summed E-state index contributed by atoms with van der Waals surface area (Å²) in [4.78, 5) is 12.9. The van der Waals surface area contributed by atoms with E-state index in [1.807, 2.05) is 0 Å². The van der Waals surface area contributed by atoms with Crippen molar-refractivity contribution in [3.8, 4) is 17.2 Å². The van der Waals surface area contributed by atoms with Crippen LogP contribution in [0.15, 0.2) is 65.6 Å². The van der Waals surface area contributed by atoms with Gasteiger partial charge in [0.2, 0.25) is 15.9 Å². The molecular weight excluding hydrogens is 570 g/mol. The molecule has 0 unspecified atom stereocenters. The van der Waals surface area contributed by atoms with Gasteiger partial charge in [-0.25, -0.2) is 16.8 Å². The van der Waals surface area contributed by atoms with Gasteiger partial charge in [0.05, 0.1) is 48.9 Å². The molecule has 2 N–H and O–H groups in total. The van der Waals surface area contributed by atoms with Crippen molar-refractivity contribution in [2.75, 3.05) is 41.9 Å². The molecular formula is C25H28ClN3O8S2. The zero-order valence-corrected chi connectivity index (χ0v) is 24.1. The molecule has 1 atom stereocenters. The predicted molar refractivity (Wildman–Crippen MR) is 150 cm³/mol. The van der Waals surface area contributed by atoms with E-state index in [1.165, 1.54) is 76.8 Å². The smallest absolute Gasteiger partial charge is 0.262 e. The number of nitrogens with zero attached hydrogens (tertiary/aromatic N) is 1. The van der Waals surface area contributed by atoms with Crippen LogP contribution in [0.25, 0.3) is 0 Å². The Labute approximate surface area is 232 Å². The van der Waals surface area contributed by atoms with Crippen LogP contribution < -0.4 is 28.6 Å². The molecule has 3 aromatic carbocycles. The summed E-state index contributed by atoms with van der Waals surface area (Å²) in [5.74, 6) is 0.425. The fraction of sp³-hybridized carbons (Fsp3) is 0.240. The number of ether oxygens (including phenoxy) is 3. The fourth-order valence-electron chi connectivity index (χ4n) is 3.66. The van der Waals surface area contributed by atoms with Crippen molar-refractivity contribution in [2.45, 2.75) is 17.9 Å². The van der Waals surface area contributed by atoms with E-state index in [0.29, 0.717) is 17.2 Å². The van der Waals surface area contributed by atoms with Crippen LogP contribution in [-0.4, -0.2) is 56.4 Å². The Morgan fingerprint density at radius 1 is 0.872 bits per heavy atom. The van der Waals surface area contributed by atoms with Gasteiger partial charge in [0.25, 0.3) is 10.0 Å². The lowest BCUT2D eigenvalue weighted by atomic mass is 10.2. The number of sulfonamides is 2. The highest BCUT2D eigenvalue weighted by Crippen LogP contribution is 2.32. The maximum absolute atomic E-state index is 13.0. The maximum atomic E-state index is 13.0. The first-order chi connectivity index (χ1) is 18.3. The first-order valence-electron chi connectivity index (χ1n) is 11.3. The molecule has 14 heteroatoms. The topological polar surface area (TPSA) is 140 Å². The standard InChI is InChI=1S/C25H28ClN3O8S2/c1-16(29(38(5,31)32)18-8-12-23(36-3)21(26)14-18)25(30)27-17-6-10-20(11-7-17)39(33,34)28-22-15-19(35-2)9-13-24(22)37-4/h6-16,28H,1-5H3,(H,27,30)/t16-/m0/s1. The third-order valence-corrected chi connectivity index (χ3v) is 8.48. The number of methoxy groups -OCH3 is 3. The Kier molecular flexibility index (Phi) is 9.20. The highest BCUT2D eigenvalue weighted by atomic mass is 35.5. The number of halogens is 1. The summed E-state index contributed by atoms with van der Waals surface area (Å²) in [5, 5.41) is 2.78. The number of anilines is 3. The van der Waals surface area contributed by atoms with Crippen molar-refractivity contribution in [3.63, 3.8) is 0 Å². The van der Waals surface area contributed by atoms with Gasteiger partial charge in [0.15, 0.2) is 0 Å². The minimum absolute atomic E-state index is 0.0796. The summed E-state index contributed by atoms with van der Waals surface area (Å²) in [5.41, 5.74) is 0.611. The molecule has 0 fully saturated rings. The van der Waals surface area contributed by atoms with Crippen molar-refractivity contribution in [1.29, 1.82) is 0 Å². The number of hydrogen-bond donors (Lipinski definition) is 2. The van der Waals surface area contributed by atoms with E-state index in [1.54, 1.807) is 12.1 Å². The van der Waals surface area contributed by atoms with Crippen LogP contribution in [0.2, 0.25) is 5.02 Å². The lowest BCUT2D eigenvalue weighted by molar-refractivity contribution is -0.116. The van der Waals surface area contributed by atoms with Gasteiger partial charge >= 0.3 is 0 Å². The normalized spacial score (nSPS) is 12.3. The highest BCUT2D eigenvalue weighted by Gasteiger charge is 2.30. The molecule has 11 nitrogen and oxygen atoms in total. The average Bonchev–Trinajstić information content (AvgIpc) is 2.88. The molecule has 0 aliphatic carbocycles. The molecule has 0 heterocycles. The number of nitrogens with one attached hydrogen (secondary N) is 2. The third kappa shape index (κ3) is 7.05. The molecule has 3 rings (SSSR count). The predicted octanol–water partition coefficient (Wildman–Crippen LogP) is 3.96. The van der Waals surface area contributed by atoms with Crippen molar-refractivity contribution in [3.05, 3.63) is 65.7 Å². The van der Waals surface area contributed by atoms with Gasteiger partial charge in [-0.3, -0.25) is 13.8 Å². The summed E-state index contributed by atoms with van der Waals surface area (Å²) >= 11 is 6.16. The molecule has 0 aliphatic rings. The quantitative estimate of drug-likeness (QED) is 0.338. The Bertz CT molecular complexity index is 1560. The van der Waals surface area contributed by atoms with E-state index in [9.17, 15) is 21.6 Å². The van der Waals surface area contributed by atoms with Crippen molar-refractivity contribution >= 4 is 54.6 Å². The van der Waals surface area contributed by atoms with E-state index in [2.05, 4.69) is 10.0 Å². The molecule has 0 bridgehead atoms. The molecule has 0 radical (unpaired) electrons. The lowest BCUT2D eigenvalue weighted by Crippen LogP contribution is -2.45. The second-order valence-electron chi connectivity index (χ2n) is 8.24. The van der Waals surface area contributed by atoms with Crippen LogP contribution in [-0.2, 0) is 24.8 Å². The summed E-state index contributed by atoms with van der Waals surface area (Å²) in [7, 11) is -3.62. The summed E-state index contributed by atoms with van der Waals surface area (Å²) in [6.45, 7) is 1.42. The van der Waals surface area contributed by atoms with Gasteiger partial charge in [0.1, 0.15) is 23.3 Å². The van der Waals surface area contributed by atoms with Crippen LogP contribution in [0.5, 0.6) is 17.2 Å². The number of hydrogen-bond acceptors (Lipinski definition) is 8. The van der Waals surface area contributed by atoms with E-state index in [-0.39, 0.29) is 27.0 Å². The molecule has 0 aliphatic heterocycles. The highest BCUT2D eigenvalue weighted by molar-refractivity contribution is 7.92. The monoisotopic (exact) mass is 597 g/mol. The molecule has 39 heavy (non-hydrogen) atoms. The molecule has 210 valence electrons. The number of rotatable bonds is 11. The van der Waals surface area contributed by atoms with Crippen LogP contribution >= 0.6 is 11.6 Å². The lowest BCUT2D eigenvalue weighted by Gasteiger charge is -2.28. The van der Waals surface area contributed by atoms with Crippen molar-refractivity contribution in [2.24, 2.45) is 0 Å². The third-order valence-electron chi connectivity index (χ3n) is 5.56. The van der Waals surface area contributed by atoms with Crippen LogP contribution in [0.4, 0.5) is 17.1 Å². The van der Waals surface area contributed by atoms with Crippen LogP contribution in [0, 0.1) is 0 Å². The van der Waals surface area contributed by atoms with E-state index in [4.69, 9.17) is 25.8 Å². The first kappa shape index (κ1) is 29.9. The first-order valence-corrected chi connectivity index (χ1v) is 15.0. The van der Waals surface area contributed by atoms with Gasteiger partial charge in [0, 0.05) is 11.8 Å². The van der Waals surface area contributed by atoms with Crippen LogP contribution in [0.3, 0.4) is 0 Å². The van der Waals surface area contributed by atoms with Crippen LogP contribution in [0.1, 0.15) is 6.92 Å². The molecule has 0 saturated heterocycles. The number of benzene rings is 3. The summed E-state index contributed by atoms with van der Waals surface area (Å²) < 4.78 is 69.9.